The van der Waals surface area contributed by atoms with Crippen molar-refractivity contribution >= 4 is 11.8 Å². The molecule has 1 aliphatic rings. The van der Waals surface area contributed by atoms with Gasteiger partial charge in [0.25, 0.3) is 5.91 Å². The number of primary amides is 1. The Bertz CT molecular complexity index is 497. The van der Waals surface area contributed by atoms with Crippen LogP contribution in [0.2, 0.25) is 0 Å². The molecule has 1 aliphatic carbocycles. The Kier molecular flexibility index (Phi) is 3.85. The summed E-state index contributed by atoms with van der Waals surface area (Å²) in [7, 11) is 1.76. The molecule has 1 fully saturated rings. The second kappa shape index (κ2) is 5.40. The molecule has 4 N–H and O–H groups in total. The first-order chi connectivity index (χ1) is 9.04. The van der Waals surface area contributed by atoms with Gasteiger partial charge in [0.05, 0.1) is 0 Å². The van der Waals surface area contributed by atoms with Gasteiger partial charge in [-0.3, -0.25) is 9.59 Å². The average molecular weight is 261 g/mol. The molecule has 1 atom stereocenters. The van der Waals surface area contributed by atoms with E-state index in [2.05, 4.69) is 0 Å². The van der Waals surface area contributed by atoms with Crippen LogP contribution in [-0.2, 0) is 0 Å². The van der Waals surface area contributed by atoms with E-state index in [1.54, 1.807) is 30.1 Å². The number of nitrogens with zero attached hydrogens (tertiary/aromatic N) is 1. The summed E-state index contributed by atoms with van der Waals surface area (Å²) in [5, 5.41) is 0. The Hall–Kier alpha value is -1.88. The van der Waals surface area contributed by atoms with Crippen molar-refractivity contribution in [2.75, 3.05) is 13.6 Å². The van der Waals surface area contributed by atoms with Gasteiger partial charge in [0, 0.05) is 30.8 Å². The molecular formula is C14H19N3O2. The maximum atomic E-state index is 12.4. The summed E-state index contributed by atoms with van der Waals surface area (Å²) in [4.78, 5) is 25.2. The van der Waals surface area contributed by atoms with Crippen LogP contribution in [0.3, 0.4) is 0 Å². The monoisotopic (exact) mass is 261 g/mol. The van der Waals surface area contributed by atoms with Gasteiger partial charge in [0.1, 0.15) is 0 Å². The van der Waals surface area contributed by atoms with Crippen LogP contribution >= 0.6 is 0 Å². The van der Waals surface area contributed by atoms with Crippen LogP contribution in [0.25, 0.3) is 0 Å². The highest BCUT2D eigenvalue weighted by atomic mass is 16.2. The van der Waals surface area contributed by atoms with Crippen LogP contribution in [0.4, 0.5) is 0 Å². The normalized spacial score (nSPS) is 15.9. The van der Waals surface area contributed by atoms with Crippen LogP contribution < -0.4 is 11.5 Å². The van der Waals surface area contributed by atoms with E-state index >= 15 is 0 Å². The minimum atomic E-state index is -0.533. The smallest absolute Gasteiger partial charge is 0.253 e. The van der Waals surface area contributed by atoms with Gasteiger partial charge in [-0.25, -0.2) is 0 Å². The Balaban J connectivity index is 2.18. The van der Waals surface area contributed by atoms with Gasteiger partial charge in [-0.05, 0) is 37.0 Å². The van der Waals surface area contributed by atoms with Crippen molar-refractivity contribution in [1.29, 1.82) is 0 Å². The van der Waals surface area contributed by atoms with Gasteiger partial charge in [-0.1, -0.05) is 6.07 Å². The van der Waals surface area contributed by atoms with E-state index in [9.17, 15) is 9.59 Å². The molecule has 1 unspecified atom stereocenters. The predicted molar refractivity (Wildman–Crippen MR) is 72.6 cm³/mol. The fraction of sp³-hybridized carbons (Fsp3) is 0.429. The SMILES string of the molecule is CN(C(=O)c1cccc(C(N)=O)c1)C(CN)C1CC1. The van der Waals surface area contributed by atoms with E-state index in [1.807, 2.05) is 0 Å². The summed E-state index contributed by atoms with van der Waals surface area (Å²) in [5.74, 6) is -0.140. The molecule has 0 radical (unpaired) electrons. The highest BCUT2D eigenvalue weighted by molar-refractivity contribution is 5.99. The zero-order valence-electron chi connectivity index (χ0n) is 11.0. The number of amides is 2. The van der Waals surface area contributed by atoms with Gasteiger partial charge in [-0.2, -0.15) is 0 Å². The molecule has 0 saturated heterocycles. The fourth-order valence-electron chi connectivity index (χ4n) is 2.31. The summed E-state index contributed by atoms with van der Waals surface area (Å²) in [6.07, 6.45) is 2.25. The first-order valence-corrected chi connectivity index (χ1v) is 6.41. The molecule has 5 nitrogen and oxygen atoms in total. The van der Waals surface area contributed by atoms with Crippen LogP contribution in [-0.4, -0.2) is 36.3 Å². The standard InChI is InChI=1S/C14H19N3O2/c1-17(12(8-15)9-5-6-9)14(19)11-4-2-3-10(7-11)13(16)18/h2-4,7,9,12H,5-6,8,15H2,1H3,(H2,16,18). The summed E-state index contributed by atoms with van der Waals surface area (Å²) >= 11 is 0. The number of benzene rings is 1. The Morgan fingerprint density at radius 1 is 1.37 bits per heavy atom. The molecule has 0 aliphatic heterocycles. The summed E-state index contributed by atoms with van der Waals surface area (Å²) in [6, 6.07) is 6.55. The quantitative estimate of drug-likeness (QED) is 0.813. The number of nitrogens with two attached hydrogens (primary N) is 2. The van der Waals surface area contributed by atoms with Gasteiger partial charge >= 0.3 is 0 Å². The van der Waals surface area contributed by atoms with Crippen LogP contribution in [0.1, 0.15) is 33.6 Å². The number of hydrogen-bond acceptors (Lipinski definition) is 3. The largest absolute Gasteiger partial charge is 0.366 e. The molecule has 0 aromatic heterocycles. The summed E-state index contributed by atoms with van der Waals surface area (Å²) in [5.41, 5.74) is 11.8. The number of carbonyl (C=O) groups is 2. The van der Waals surface area contributed by atoms with Crippen molar-refractivity contribution < 1.29 is 9.59 Å². The minimum Gasteiger partial charge on any atom is -0.366 e. The molecule has 0 heterocycles. The van der Waals surface area contributed by atoms with Gasteiger partial charge < -0.3 is 16.4 Å². The number of likely N-dealkylation sites (N-methyl/N-ethyl adjacent to an activating group) is 1. The average Bonchev–Trinajstić information content (AvgIpc) is 3.23. The zero-order chi connectivity index (χ0) is 14.0. The van der Waals surface area contributed by atoms with E-state index in [0.717, 1.165) is 12.8 Å². The predicted octanol–water partition coefficient (Wildman–Crippen LogP) is 0.595. The number of hydrogen-bond donors (Lipinski definition) is 2. The Labute approximate surface area is 112 Å². The molecule has 0 spiro atoms. The van der Waals surface area contributed by atoms with Gasteiger partial charge in [0.15, 0.2) is 0 Å². The highest BCUT2D eigenvalue weighted by Gasteiger charge is 2.35. The van der Waals surface area contributed by atoms with Gasteiger partial charge in [-0.15, -0.1) is 0 Å². The minimum absolute atomic E-state index is 0.0738. The third-order valence-electron chi connectivity index (χ3n) is 3.62. The van der Waals surface area contributed by atoms with Crippen LogP contribution in [0.15, 0.2) is 24.3 Å². The number of carbonyl (C=O) groups excluding carboxylic acids is 2. The second-order valence-electron chi connectivity index (χ2n) is 5.00. The van der Waals surface area contributed by atoms with Crippen molar-refractivity contribution in [3.05, 3.63) is 35.4 Å². The zero-order valence-corrected chi connectivity index (χ0v) is 11.0. The molecule has 1 aromatic rings. The van der Waals surface area contributed by atoms with E-state index in [1.165, 1.54) is 6.07 Å². The molecule has 19 heavy (non-hydrogen) atoms. The third kappa shape index (κ3) is 2.93. The number of rotatable bonds is 5. The maximum absolute atomic E-state index is 12.4. The molecule has 5 heteroatoms. The molecule has 1 saturated carbocycles. The van der Waals surface area contributed by atoms with Gasteiger partial charge in [0.2, 0.25) is 5.91 Å². The van der Waals surface area contributed by atoms with E-state index < -0.39 is 5.91 Å². The molecule has 1 aromatic carbocycles. The maximum Gasteiger partial charge on any atom is 0.253 e. The Morgan fingerprint density at radius 3 is 2.53 bits per heavy atom. The van der Waals surface area contributed by atoms with Crippen molar-refractivity contribution in [3.8, 4) is 0 Å². The topological polar surface area (TPSA) is 89.4 Å². The lowest BCUT2D eigenvalue weighted by molar-refractivity contribution is 0.0718. The second-order valence-corrected chi connectivity index (χ2v) is 5.00. The van der Waals surface area contributed by atoms with Crippen molar-refractivity contribution in [2.24, 2.45) is 17.4 Å². The molecule has 2 rings (SSSR count). The molecule has 0 bridgehead atoms. The molecule has 102 valence electrons. The van der Waals surface area contributed by atoms with Crippen LogP contribution in [0, 0.1) is 5.92 Å². The Morgan fingerprint density at radius 2 is 2.00 bits per heavy atom. The summed E-state index contributed by atoms with van der Waals surface area (Å²) < 4.78 is 0. The van der Waals surface area contributed by atoms with E-state index in [0.29, 0.717) is 23.6 Å². The van der Waals surface area contributed by atoms with Crippen molar-refractivity contribution in [1.82, 2.24) is 4.90 Å². The lowest BCUT2D eigenvalue weighted by atomic mass is 10.1. The van der Waals surface area contributed by atoms with Crippen LogP contribution in [0.5, 0.6) is 0 Å². The van der Waals surface area contributed by atoms with E-state index in [-0.39, 0.29) is 11.9 Å². The molecule has 2 amide bonds. The molecular weight excluding hydrogens is 242 g/mol. The van der Waals surface area contributed by atoms with E-state index in [4.69, 9.17) is 11.5 Å². The van der Waals surface area contributed by atoms with Crippen molar-refractivity contribution in [3.63, 3.8) is 0 Å². The highest BCUT2D eigenvalue weighted by Crippen LogP contribution is 2.34. The first kappa shape index (κ1) is 13.5. The lowest BCUT2D eigenvalue weighted by Gasteiger charge is -2.27. The summed E-state index contributed by atoms with van der Waals surface area (Å²) in [6.45, 7) is 0.461. The van der Waals surface area contributed by atoms with Crippen molar-refractivity contribution in [2.45, 2.75) is 18.9 Å². The first-order valence-electron chi connectivity index (χ1n) is 6.41. The fourth-order valence-corrected chi connectivity index (χ4v) is 2.31. The third-order valence-corrected chi connectivity index (χ3v) is 3.62. The lowest BCUT2D eigenvalue weighted by Crippen LogP contribution is -2.43.